The largest absolute Gasteiger partial charge is 0.479 e. The predicted octanol–water partition coefficient (Wildman–Crippen LogP) is 1.80. The number of halogens is 2. The van der Waals surface area contributed by atoms with Crippen LogP contribution in [0.2, 0.25) is 0 Å². The van der Waals surface area contributed by atoms with Crippen molar-refractivity contribution in [2.24, 2.45) is 0 Å². The molecule has 0 atom stereocenters. The fourth-order valence-electron chi connectivity index (χ4n) is 0.867. The maximum absolute atomic E-state index is 13.3. The molecule has 17 heavy (non-hydrogen) atoms. The Morgan fingerprint density at radius 3 is 1.76 bits per heavy atom. The van der Waals surface area contributed by atoms with Gasteiger partial charge in [0.05, 0.1) is 20.5 Å². The number of hydrogen-bond donors (Lipinski definition) is 0. The van der Waals surface area contributed by atoms with E-state index in [1.807, 2.05) is 0 Å². The van der Waals surface area contributed by atoms with Gasteiger partial charge >= 0.3 is 0 Å². The van der Waals surface area contributed by atoms with E-state index in [-0.39, 0.29) is 18.1 Å². The summed E-state index contributed by atoms with van der Waals surface area (Å²) in [5.74, 6) is -0.609. The first-order valence-electron chi connectivity index (χ1n) is 4.55. The van der Waals surface area contributed by atoms with Crippen LogP contribution in [0.5, 0.6) is 11.8 Å². The molecule has 0 amide bonds. The first kappa shape index (κ1) is 15.1. The molecule has 0 unspecified atom stereocenters. The lowest BCUT2D eigenvalue weighted by Crippen LogP contribution is -2.14. The minimum absolute atomic E-state index is 0.124. The maximum atomic E-state index is 13.3. The summed E-state index contributed by atoms with van der Waals surface area (Å²) in [4.78, 5) is 9.30. The van der Waals surface area contributed by atoms with E-state index >= 15 is 0 Å². The van der Waals surface area contributed by atoms with Crippen LogP contribution in [0.15, 0.2) is 12.9 Å². The van der Waals surface area contributed by atoms with Crippen molar-refractivity contribution in [3.8, 4) is 11.8 Å². The second-order valence-electron chi connectivity index (χ2n) is 2.90. The highest BCUT2D eigenvalue weighted by Gasteiger charge is 2.16. The minimum atomic E-state index is -0.694. The molecule has 0 aliphatic rings. The van der Waals surface area contributed by atoms with Crippen LogP contribution in [-0.2, 0) is 0 Å². The van der Waals surface area contributed by atoms with Gasteiger partial charge in [-0.05, 0) is 0 Å². The maximum Gasteiger partial charge on any atom is 0.259 e. The number of ether oxygens (including phenoxy) is 2. The zero-order valence-electron chi connectivity index (χ0n) is 10.2. The van der Waals surface area contributed by atoms with Crippen LogP contribution in [0.3, 0.4) is 0 Å². The summed E-state index contributed by atoms with van der Waals surface area (Å²) in [6.07, 6.45) is 0.250. The van der Waals surface area contributed by atoms with Gasteiger partial charge in [-0.15, -0.1) is 0 Å². The molecule has 5 nitrogen and oxygen atoms in total. The monoisotopic (exact) mass is 247 g/mol. The molecule has 1 heterocycles. The Morgan fingerprint density at radius 2 is 1.53 bits per heavy atom. The number of aromatic nitrogens is 2. The Labute approximate surface area is 98.7 Å². The van der Waals surface area contributed by atoms with Crippen molar-refractivity contribution in [2.45, 2.75) is 0 Å². The highest BCUT2D eigenvalue weighted by molar-refractivity contribution is 5.36. The van der Waals surface area contributed by atoms with E-state index in [1.54, 1.807) is 19.0 Å². The van der Waals surface area contributed by atoms with E-state index in [4.69, 9.17) is 9.47 Å². The van der Waals surface area contributed by atoms with E-state index in [1.165, 1.54) is 14.2 Å². The van der Waals surface area contributed by atoms with Crippen LogP contribution < -0.4 is 14.4 Å². The molecule has 1 aromatic heterocycles. The predicted molar refractivity (Wildman–Crippen MR) is 60.7 cm³/mol. The van der Waals surface area contributed by atoms with Gasteiger partial charge in [-0.2, -0.15) is 14.4 Å². The van der Waals surface area contributed by atoms with Gasteiger partial charge in [0.2, 0.25) is 11.8 Å². The molecular formula is C10H15F2N3O2. The van der Waals surface area contributed by atoms with Crippen LogP contribution in [-0.4, -0.2) is 38.3 Å². The Kier molecular flexibility index (Phi) is 6.54. The Hall–Kier alpha value is -1.92. The summed E-state index contributed by atoms with van der Waals surface area (Å²) in [6.45, 7) is 2.69. The van der Waals surface area contributed by atoms with Gasteiger partial charge < -0.3 is 14.4 Å². The Balaban J connectivity index is 0.000000770. The third-order valence-corrected chi connectivity index (χ3v) is 1.57. The van der Waals surface area contributed by atoms with Crippen molar-refractivity contribution in [2.75, 3.05) is 33.2 Å². The van der Waals surface area contributed by atoms with E-state index in [2.05, 4.69) is 16.5 Å². The van der Waals surface area contributed by atoms with Gasteiger partial charge in [-0.25, -0.2) is 4.39 Å². The van der Waals surface area contributed by atoms with Crippen molar-refractivity contribution in [1.82, 2.24) is 9.97 Å². The molecule has 0 bridgehead atoms. The molecule has 0 radical (unpaired) electrons. The summed E-state index contributed by atoms with van der Waals surface area (Å²) < 4.78 is 32.9. The van der Waals surface area contributed by atoms with Crippen LogP contribution in [0.25, 0.3) is 0 Å². The van der Waals surface area contributed by atoms with Crippen molar-refractivity contribution in [3.05, 3.63) is 18.7 Å². The lowest BCUT2D eigenvalue weighted by Gasteiger charge is -2.12. The lowest BCUT2D eigenvalue weighted by molar-refractivity contribution is 0.328. The van der Waals surface area contributed by atoms with Crippen LogP contribution >= 0.6 is 0 Å². The fourth-order valence-corrected chi connectivity index (χ4v) is 0.867. The van der Waals surface area contributed by atoms with Crippen molar-refractivity contribution in [3.63, 3.8) is 0 Å². The van der Waals surface area contributed by atoms with E-state index in [0.29, 0.717) is 5.95 Å². The van der Waals surface area contributed by atoms with Gasteiger partial charge in [0.25, 0.3) is 11.8 Å². The minimum Gasteiger partial charge on any atom is -0.479 e. The smallest absolute Gasteiger partial charge is 0.259 e. The summed E-state index contributed by atoms with van der Waals surface area (Å²) in [7, 11) is 6.16. The molecule has 0 aliphatic heterocycles. The average molecular weight is 247 g/mol. The van der Waals surface area contributed by atoms with Crippen LogP contribution in [0.4, 0.5) is 14.7 Å². The number of hydrogen-bond acceptors (Lipinski definition) is 5. The Bertz CT molecular complexity index is 348. The molecule has 0 saturated carbocycles. The summed E-state index contributed by atoms with van der Waals surface area (Å²) >= 11 is 0. The summed E-state index contributed by atoms with van der Waals surface area (Å²) in [5, 5.41) is 0. The SMILES string of the molecule is C=CF.COc1nc(N(C)C)nc(OC)c1F. The number of nitrogens with zero attached hydrogens (tertiary/aromatic N) is 3. The molecule has 1 rings (SSSR count). The molecule has 0 fully saturated rings. The molecular weight excluding hydrogens is 232 g/mol. The van der Waals surface area contributed by atoms with Gasteiger partial charge in [0.15, 0.2) is 0 Å². The van der Waals surface area contributed by atoms with Crippen LogP contribution in [0, 0.1) is 5.82 Å². The third kappa shape index (κ3) is 4.21. The topological polar surface area (TPSA) is 47.5 Å². The second-order valence-corrected chi connectivity index (χ2v) is 2.90. The van der Waals surface area contributed by atoms with E-state index in [9.17, 15) is 8.78 Å². The summed E-state index contributed by atoms with van der Waals surface area (Å²) in [5.41, 5.74) is 0. The highest BCUT2D eigenvalue weighted by atomic mass is 19.1. The molecule has 96 valence electrons. The van der Waals surface area contributed by atoms with Gasteiger partial charge in [0.1, 0.15) is 0 Å². The summed E-state index contributed by atoms with van der Waals surface area (Å²) in [6, 6.07) is 0. The first-order chi connectivity index (χ1) is 8.01. The zero-order valence-corrected chi connectivity index (χ0v) is 10.2. The van der Waals surface area contributed by atoms with Crippen molar-refractivity contribution >= 4 is 5.95 Å². The fraction of sp³-hybridized carbons (Fsp3) is 0.400. The molecule has 0 aliphatic carbocycles. The molecule has 0 N–H and O–H groups in total. The van der Waals surface area contributed by atoms with Gasteiger partial charge in [-0.3, -0.25) is 0 Å². The molecule has 1 aromatic rings. The van der Waals surface area contributed by atoms with Gasteiger partial charge in [0, 0.05) is 14.1 Å². The normalized spacial score (nSPS) is 8.82. The molecule has 0 aromatic carbocycles. The standard InChI is InChI=1S/C8H12FN3O2.C2H3F/c1-12(2)8-10-6(13-3)5(9)7(11-8)14-4;1-2-3/h1-4H3;2H,1H2. The van der Waals surface area contributed by atoms with Crippen molar-refractivity contribution < 1.29 is 18.3 Å². The quantitative estimate of drug-likeness (QED) is 0.815. The zero-order chi connectivity index (χ0) is 13.4. The van der Waals surface area contributed by atoms with Crippen molar-refractivity contribution in [1.29, 1.82) is 0 Å². The van der Waals surface area contributed by atoms with E-state index < -0.39 is 5.82 Å². The number of methoxy groups -OCH3 is 2. The van der Waals surface area contributed by atoms with E-state index in [0.717, 1.165) is 0 Å². The molecule has 0 saturated heterocycles. The second kappa shape index (κ2) is 7.37. The first-order valence-corrected chi connectivity index (χ1v) is 4.55. The lowest BCUT2D eigenvalue weighted by atomic mass is 10.5. The highest BCUT2D eigenvalue weighted by Crippen LogP contribution is 2.24. The number of rotatable bonds is 3. The van der Waals surface area contributed by atoms with Crippen LogP contribution in [0.1, 0.15) is 0 Å². The third-order valence-electron chi connectivity index (χ3n) is 1.57. The Morgan fingerprint density at radius 1 is 1.18 bits per heavy atom. The average Bonchev–Trinajstić information content (AvgIpc) is 2.30. The number of anilines is 1. The molecule has 7 heteroatoms. The molecule has 0 spiro atoms. The van der Waals surface area contributed by atoms with Gasteiger partial charge in [-0.1, -0.05) is 6.58 Å².